The highest BCUT2D eigenvalue weighted by Gasteiger charge is 2.31. The zero-order chi connectivity index (χ0) is 13.5. The van der Waals surface area contributed by atoms with E-state index in [0.29, 0.717) is 0 Å². The molecule has 0 amide bonds. The second-order valence-electron chi connectivity index (χ2n) is 3.78. The van der Waals surface area contributed by atoms with Crippen LogP contribution in [0.2, 0.25) is 0 Å². The van der Waals surface area contributed by atoms with Crippen molar-refractivity contribution in [1.82, 2.24) is 9.78 Å². The number of benzene rings is 1. The van der Waals surface area contributed by atoms with Crippen LogP contribution in [0.4, 0.5) is 18.9 Å². The zero-order valence-corrected chi connectivity index (χ0v) is 11.5. The van der Waals surface area contributed by atoms with Crippen LogP contribution >= 0.6 is 22.6 Å². The molecule has 0 radical (unpaired) electrons. The van der Waals surface area contributed by atoms with E-state index in [4.69, 9.17) is 5.73 Å². The summed E-state index contributed by atoms with van der Waals surface area (Å²) in [4.78, 5) is 0. The molecular formula is C11H9F3IN3. The topological polar surface area (TPSA) is 43.8 Å². The van der Waals surface area contributed by atoms with E-state index in [1.807, 2.05) is 0 Å². The smallest absolute Gasteiger partial charge is 0.339 e. The van der Waals surface area contributed by atoms with Crippen LogP contribution < -0.4 is 5.73 Å². The fraction of sp³-hybridized carbons (Fsp3) is 0.182. The van der Waals surface area contributed by atoms with E-state index in [2.05, 4.69) is 5.10 Å². The normalized spacial score (nSPS) is 11.8. The van der Waals surface area contributed by atoms with Gasteiger partial charge in [0.1, 0.15) is 11.5 Å². The van der Waals surface area contributed by atoms with E-state index in [9.17, 15) is 13.2 Å². The maximum atomic E-state index is 13.7. The summed E-state index contributed by atoms with van der Waals surface area (Å²) in [7, 11) is 1.48. The number of nitrogen functional groups attached to an aromatic ring is 1. The number of anilines is 1. The second-order valence-corrected chi connectivity index (χ2v) is 5.13. The summed E-state index contributed by atoms with van der Waals surface area (Å²) in [5.74, 6) is -0.568. The summed E-state index contributed by atoms with van der Waals surface area (Å²) in [5, 5.41) is 3.68. The van der Waals surface area contributed by atoms with Crippen molar-refractivity contribution in [3.05, 3.63) is 35.8 Å². The monoisotopic (exact) mass is 367 g/mol. The molecule has 3 nitrogen and oxygen atoms in total. The largest absolute Gasteiger partial charge is 0.399 e. The number of rotatable bonds is 2. The Morgan fingerprint density at radius 3 is 2.50 bits per heavy atom. The summed E-state index contributed by atoms with van der Waals surface area (Å²) in [6, 6.07) is 5.26. The van der Waals surface area contributed by atoms with Crippen molar-refractivity contribution in [2.45, 2.75) is 3.93 Å². The molecule has 1 aromatic carbocycles. The molecule has 0 bridgehead atoms. The van der Waals surface area contributed by atoms with Gasteiger partial charge in [0.2, 0.25) is 0 Å². The van der Waals surface area contributed by atoms with Gasteiger partial charge in [0.05, 0.1) is 5.69 Å². The molecular weight excluding hydrogens is 358 g/mol. The highest BCUT2D eigenvalue weighted by molar-refractivity contribution is 14.1. The average molecular weight is 367 g/mol. The molecule has 7 heteroatoms. The number of aromatic nitrogens is 2. The minimum absolute atomic E-state index is 0.186. The third-order valence-corrected chi connectivity index (χ3v) is 2.99. The minimum Gasteiger partial charge on any atom is -0.399 e. The molecule has 0 saturated heterocycles. The first-order valence-corrected chi connectivity index (χ1v) is 6.03. The molecule has 0 aliphatic rings. The summed E-state index contributed by atoms with van der Waals surface area (Å²) >= 11 is 0.983. The van der Waals surface area contributed by atoms with Crippen LogP contribution in [0.25, 0.3) is 11.3 Å². The molecule has 0 spiro atoms. The van der Waals surface area contributed by atoms with Gasteiger partial charge in [-0.25, -0.2) is 4.39 Å². The third-order valence-electron chi connectivity index (χ3n) is 2.44. The summed E-state index contributed by atoms with van der Waals surface area (Å²) < 4.78 is 38.1. The zero-order valence-electron chi connectivity index (χ0n) is 9.29. The Morgan fingerprint density at radius 1 is 1.33 bits per heavy atom. The van der Waals surface area contributed by atoms with E-state index in [0.717, 1.165) is 28.7 Å². The Morgan fingerprint density at radius 2 is 2.00 bits per heavy atom. The van der Waals surface area contributed by atoms with Gasteiger partial charge in [0, 0.05) is 40.9 Å². The standard InChI is InChI=1S/C11H9F3IN3/c1-18-9(5-10(17-18)11(13,14)15)7-3-2-6(16)4-8(7)12/h2-5H,16H2,1H3. The number of aryl methyl sites for hydroxylation is 1. The van der Waals surface area contributed by atoms with Crippen LogP contribution in [0.5, 0.6) is 0 Å². The Balaban J connectivity index is 2.55. The van der Waals surface area contributed by atoms with Crippen LogP contribution in [0.15, 0.2) is 24.3 Å². The molecule has 0 unspecified atom stereocenters. The molecule has 18 heavy (non-hydrogen) atoms. The highest BCUT2D eigenvalue weighted by atomic mass is 127. The predicted molar refractivity (Wildman–Crippen MR) is 70.9 cm³/mol. The molecule has 1 heterocycles. The molecule has 2 rings (SSSR count). The predicted octanol–water partition coefficient (Wildman–Crippen LogP) is 3.29. The van der Waals surface area contributed by atoms with E-state index < -0.39 is 15.4 Å². The number of hydrogen-bond acceptors (Lipinski definition) is 2. The van der Waals surface area contributed by atoms with E-state index >= 15 is 0 Å². The van der Waals surface area contributed by atoms with Crippen molar-refractivity contribution >= 4 is 28.3 Å². The number of halogens is 4. The minimum atomic E-state index is -3.09. The SMILES string of the molecule is Cn1nc(C(F)(F)I)cc1-c1ccc(N)cc1F. The van der Waals surface area contributed by atoms with Crippen molar-refractivity contribution in [3.8, 4) is 11.3 Å². The molecule has 0 fully saturated rings. The van der Waals surface area contributed by atoms with Gasteiger partial charge in [-0.3, -0.25) is 4.68 Å². The molecule has 2 aromatic rings. The Bertz CT molecular complexity index is 590. The first-order valence-electron chi connectivity index (χ1n) is 4.95. The van der Waals surface area contributed by atoms with E-state index in [1.54, 1.807) is 0 Å². The summed E-state index contributed by atoms with van der Waals surface area (Å²) in [6.45, 7) is 0. The van der Waals surface area contributed by atoms with Crippen molar-refractivity contribution in [2.24, 2.45) is 7.05 Å². The molecule has 1 aromatic heterocycles. The molecule has 96 valence electrons. The number of hydrogen-bond donors (Lipinski definition) is 1. The van der Waals surface area contributed by atoms with Crippen molar-refractivity contribution in [1.29, 1.82) is 0 Å². The number of alkyl halides is 3. The fourth-order valence-corrected chi connectivity index (χ4v) is 1.86. The fourth-order valence-electron chi connectivity index (χ4n) is 1.60. The van der Waals surface area contributed by atoms with Gasteiger partial charge >= 0.3 is 3.93 Å². The van der Waals surface area contributed by atoms with Gasteiger partial charge in [0.25, 0.3) is 0 Å². The lowest BCUT2D eigenvalue weighted by Crippen LogP contribution is -2.04. The van der Waals surface area contributed by atoms with E-state index in [-0.39, 0.29) is 16.9 Å². The lowest BCUT2D eigenvalue weighted by atomic mass is 10.1. The Labute approximate surface area is 115 Å². The lowest BCUT2D eigenvalue weighted by molar-refractivity contribution is 0.121. The lowest BCUT2D eigenvalue weighted by Gasteiger charge is -2.04. The van der Waals surface area contributed by atoms with Gasteiger partial charge < -0.3 is 5.73 Å². The van der Waals surface area contributed by atoms with Crippen LogP contribution in [0.3, 0.4) is 0 Å². The van der Waals surface area contributed by atoms with Gasteiger partial charge in [-0.1, -0.05) is 0 Å². The average Bonchev–Trinajstić information content (AvgIpc) is 2.60. The quantitative estimate of drug-likeness (QED) is 0.503. The van der Waals surface area contributed by atoms with Crippen LogP contribution in [-0.4, -0.2) is 9.78 Å². The second kappa shape index (κ2) is 4.45. The van der Waals surface area contributed by atoms with E-state index in [1.165, 1.54) is 29.9 Å². The van der Waals surface area contributed by atoms with Crippen LogP contribution in [-0.2, 0) is 11.0 Å². The van der Waals surface area contributed by atoms with Crippen molar-refractivity contribution in [2.75, 3.05) is 5.73 Å². The molecule has 0 atom stereocenters. The first-order chi connectivity index (χ1) is 8.29. The molecule has 0 aliphatic heterocycles. The molecule has 2 N–H and O–H groups in total. The summed E-state index contributed by atoms with van der Waals surface area (Å²) in [6.07, 6.45) is 0. The van der Waals surface area contributed by atoms with Crippen molar-refractivity contribution < 1.29 is 13.2 Å². The van der Waals surface area contributed by atoms with Gasteiger partial charge in [-0.05, 0) is 24.3 Å². The molecule has 0 aliphatic carbocycles. The maximum absolute atomic E-state index is 13.7. The first kappa shape index (κ1) is 13.2. The van der Waals surface area contributed by atoms with Gasteiger partial charge in [-0.2, -0.15) is 13.9 Å². The highest BCUT2D eigenvalue weighted by Crippen LogP contribution is 2.36. The van der Waals surface area contributed by atoms with Crippen molar-refractivity contribution in [3.63, 3.8) is 0 Å². The Hall–Kier alpha value is -1.25. The molecule has 0 saturated carbocycles. The third kappa shape index (κ3) is 2.45. The maximum Gasteiger partial charge on any atom is 0.339 e. The van der Waals surface area contributed by atoms with Crippen LogP contribution in [0, 0.1) is 5.82 Å². The number of nitrogens with two attached hydrogens (primary N) is 1. The van der Waals surface area contributed by atoms with Crippen LogP contribution in [0.1, 0.15) is 5.69 Å². The number of nitrogens with zero attached hydrogens (tertiary/aromatic N) is 2. The van der Waals surface area contributed by atoms with Gasteiger partial charge in [0.15, 0.2) is 0 Å². The summed E-state index contributed by atoms with van der Waals surface area (Å²) in [5.41, 5.74) is 5.77. The van der Waals surface area contributed by atoms with Gasteiger partial charge in [-0.15, -0.1) is 0 Å². The Kier molecular flexibility index (Phi) is 3.26.